The molecule has 6 heteroatoms. The second-order valence-corrected chi connectivity index (χ2v) is 6.33. The zero-order valence-electron chi connectivity index (χ0n) is 14.1. The molecule has 0 aliphatic carbocycles. The summed E-state index contributed by atoms with van der Waals surface area (Å²) >= 11 is 0. The van der Waals surface area contributed by atoms with E-state index >= 15 is 0 Å². The highest BCUT2D eigenvalue weighted by molar-refractivity contribution is 6.03. The van der Waals surface area contributed by atoms with E-state index in [1.54, 1.807) is 18.2 Å². The molecule has 0 bridgehead atoms. The van der Waals surface area contributed by atoms with Crippen molar-refractivity contribution in [3.05, 3.63) is 47.4 Å². The average molecular weight is 340 g/mol. The molecule has 1 fully saturated rings. The van der Waals surface area contributed by atoms with Gasteiger partial charge in [0.25, 0.3) is 11.8 Å². The standard InChI is InChI=1S/C19H20N2O4/c1-2-12-8-9-16(25-12)15-7-4-10-21(15)19(23)13-5-3-6-14-18(13)24-11-17(22)20-14/h3,5-6,8-9,15H,2,4,7,10-11H2,1H3,(H,20,22)/t15-/m1/s1. The fourth-order valence-electron chi connectivity index (χ4n) is 3.51. The Bertz CT molecular complexity index is 827. The lowest BCUT2D eigenvalue weighted by molar-refractivity contribution is -0.118. The number of fused-ring (bicyclic) bond motifs is 1. The maximum atomic E-state index is 13.2. The number of rotatable bonds is 3. The topological polar surface area (TPSA) is 71.8 Å². The third-order valence-electron chi connectivity index (χ3n) is 4.74. The lowest BCUT2D eigenvalue weighted by Crippen LogP contribution is -2.32. The second-order valence-electron chi connectivity index (χ2n) is 6.33. The van der Waals surface area contributed by atoms with Gasteiger partial charge in [-0.05, 0) is 37.1 Å². The summed E-state index contributed by atoms with van der Waals surface area (Å²) in [4.78, 5) is 26.5. The number of benzene rings is 1. The SMILES string of the molecule is CCc1ccc([C@H]2CCCN2C(=O)c2cccc3c2OCC(=O)N3)o1. The molecule has 6 nitrogen and oxygen atoms in total. The van der Waals surface area contributed by atoms with Gasteiger partial charge in [0.05, 0.1) is 17.3 Å². The number of nitrogens with one attached hydrogen (secondary N) is 1. The predicted molar refractivity (Wildman–Crippen MR) is 91.7 cm³/mol. The monoisotopic (exact) mass is 340 g/mol. The summed E-state index contributed by atoms with van der Waals surface area (Å²) in [5, 5.41) is 2.75. The quantitative estimate of drug-likeness (QED) is 0.932. The number of carbonyl (C=O) groups is 2. The molecule has 2 aromatic rings. The van der Waals surface area contributed by atoms with Crippen molar-refractivity contribution in [2.24, 2.45) is 0 Å². The van der Waals surface area contributed by atoms with Crippen LogP contribution in [-0.4, -0.2) is 29.9 Å². The molecule has 4 rings (SSSR count). The molecule has 0 unspecified atom stereocenters. The number of ether oxygens (including phenoxy) is 1. The Hall–Kier alpha value is -2.76. The maximum absolute atomic E-state index is 13.2. The third-order valence-corrected chi connectivity index (χ3v) is 4.74. The molecule has 0 radical (unpaired) electrons. The molecular formula is C19H20N2O4. The first-order valence-corrected chi connectivity index (χ1v) is 8.62. The van der Waals surface area contributed by atoms with Crippen LogP contribution in [0, 0.1) is 0 Å². The molecule has 25 heavy (non-hydrogen) atoms. The average Bonchev–Trinajstić information content (AvgIpc) is 3.29. The van der Waals surface area contributed by atoms with Crippen LogP contribution < -0.4 is 10.1 Å². The highest BCUT2D eigenvalue weighted by atomic mass is 16.5. The van der Waals surface area contributed by atoms with E-state index in [1.165, 1.54) is 0 Å². The van der Waals surface area contributed by atoms with Crippen LogP contribution in [0.15, 0.2) is 34.7 Å². The molecule has 0 saturated carbocycles. The normalized spacial score (nSPS) is 19.3. The zero-order chi connectivity index (χ0) is 17.4. The maximum Gasteiger partial charge on any atom is 0.262 e. The van der Waals surface area contributed by atoms with E-state index in [-0.39, 0.29) is 24.5 Å². The van der Waals surface area contributed by atoms with Gasteiger partial charge in [0, 0.05) is 13.0 Å². The summed E-state index contributed by atoms with van der Waals surface area (Å²) in [6, 6.07) is 9.12. The first kappa shape index (κ1) is 15.7. The molecule has 1 aromatic carbocycles. The molecule has 130 valence electrons. The number of anilines is 1. The summed E-state index contributed by atoms with van der Waals surface area (Å²) in [5.41, 5.74) is 1.02. The van der Waals surface area contributed by atoms with Gasteiger partial charge >= 0.3 is 0 Å². The third kappa shape index (κ3) is 2.77. The minimum absolute atomic E-state index is 0.0539. The van der Waals surface area contributed by atoms with Gasteiger partial charge in [-0.15, -0.1) is 0 Å². The van der Waals surface area contributed by atoms with Gasteiger partial charge < -0.3 is 19.4 Å². The Labute approximate surface area is 145 Å². The van der Waals surface area contributed by atoms with Gasteiger partial charge in [0.15, 0.2) is 12.4 Å². The van der Waals surface area contributed by atoms with Crippen LogP contribution in [-0.2, 0) is 11.2 Å². The summed E-state index contributed by atoms with van der Waals surface area (Å²) in [5.74, 6) is 1.91. The number of nitrogens with zero attached hydrogens (tertiary/aromatic N) is 1. The van der Waals surface area contributed by atoms with Crippen molar-refractivity contribution in [1.82, 2.24) is 4.90 Å². The van der Waals surface area contributed by atoms with Crippen LogP contribution in [0.5, 0.6) is 5.75 Å². The first-order valence-electron chi connectivity index (χ1n) is 8.62. The molecule has 1 N–H and O–H groups in total. The van der Waals surface area contributed by atoms with Crippen molar-refractivity contribution in [1.29, 1.82) is 0 Å². The number of para-hydroxylation sites is 1. The van der Waals surface area contributed by atoms with Crippen molar-refractivity contribution in [2.75, 3.05) is 18.5 Å². The minimum Gasteiger partial charge on any atom is -0.481 e. The van der Waals surface area contributed by atoms with Crippen LogP contribution in [0.25, 0.3) is 0 Å². The molecule has 3 heterocycles. The highest BCUT2D eigenvalue weighted by Gasteiger charge is 2.35. The van der Waals surface area contributed by atoms with Gasteiger partial charge in [-0.25, -0.2) is 0 Å². The van der Waals surface area contributed by atoms with E-state index in [1.807, 2.05) is 24.0 Å². The van der Waals surface area contributed by atoms with E-state index in [2.05, 4.69) is 5.32 Å². The summed E-state index contributed by atoms with van der Waals surface area (Å²) < 4.78 is 11.4. The molecule has 1 aromatic heterocycles. The number of furan rings is 1. The number of carbonyl (C=O) groups excluding carboxylic acids is 2. The second kappa shape index (κ2) is 6.27. The lowest BCUT2D eigenvalue weighted by Gasteiger charge is -2.26. The van der Waals surface area contributed by atoms with E-state index < -0.39 is 0 Å². The van der Waals surface area contributed by atoms with Crippen molar-refractivity contribution in [3.8, 4) is 5.75 Å². The number of hydrogen-bond donors (Lipinski definition) is 1. The van der Waals surface area contributed by atoms with E-state index in [9.17, 15) is 9.59 Å². The van der Waals surface area contributed by atoms with E-state index in [0.717, 1.165) is 30.8 Å². The molecule has 1 saturated heterocycles. The first-order chi connectivity index (χ1) is 12.2. The summed E-state index contributed by atoms with van der Waals surface area (Å²) in [7, 11) is 0. The lowest BCUT2D eigenvalue weighted by atomic mass is 10.1. The number of aryl methyl sites for hydroxylation is 1. The molecule has 1 atom stereocenters. The summed E-state index contributed by atoms with van der Waals surface area (Å²) in [6.45, 7) is 2.66. The van der Waals surface area contributed by atoms with Gasteiger partial charge in [-0.3, -0.25) is 9.59 Å². The fourth-order valence-corrected chi connectivity index (χ4v) is 3.51. The van der Waals surface area contributed by atoms with Gasteiger partial charge in [0.1, 0.15) is 11.5 Å². The molecular weight excluding hydrogens is 320 g/mol. The van der Waals surface area contributed by atoms with Crippen LogP contribution in [0.2, 0.25) is 0 Å². The van der Waals surface area contributed by atoms with Crippen LogP contribution in [0.3, 0.4) is 0 Å². The Morgan fingerprint density at radius 3 is 3.00 bits per heavy atom. The largest absolute Gasteiger partial charge is 0.481 e. The molecule has 0 spiro atoms. The van der Waals surface area contributed by atoms with Crippen molar-refractivity contribution < 1.29 is 18.7 Å². The van der Waals surface area contributed by atoms with Crippen molar-refractivity contribution in [2.45, 2.75) is 32.2 Å². The van der Waals surface area contributed by atoms with E-state index in [0.29, 0.717) is 23.5 Å². The van der Waals surface area contributed by atoms with Gasteiger partial charge in [-0.2, -0.15) is 0 Å². The zero-order valence-corrected chi connectivity index (χ0v) is 14.1. The number of amides is 2. The van der Waals surface area contributed by atoms with E-state index in [4.69, 9.17) is 9.15 Å². The Kier molecular flexibility index (Phi) is 3.95. The van der Waals surface area contributed by atoms with Crippen molar-refractivity contribution in [3.63, 3.8) is 0 Å². The van der Waals surface area contributed by atoms with Crippen LogP contribution in [0.4, 0.5) is 5.69 Å². The van der Waals surface area contributed by atoms with Crippen molar-refractivity contribution >= 4 is 17.5 Å². The van der Waals surface area contributed by atoms with Crippen LogP contribution >= 0.6 is 0 Å². The van der Waals surface area contributed by atoms with Crippen LogP contribution in [0.1, 0.15) is 47.7 Å². The van der Waals surface area contributed by atoms with Gasteiger partial charge in [-0.1, -0.05) is 13.0 Å². The molecule has 2 aliphatic heterocycles. The Morgan fingerprint density at radius 1 is 1.32 bits per heavy atom. The molecule has 2 aliphatic rings. The van der Waals surface area contributed by atoms with Gasteiger partial charge in [0.2, 0.25) is 0 Å². The Balaban J connectivity index is 1.64. The summed E-state index contributed by atoms with van der Waals surface area (Å²) in [6.07, 6.45) is 2.65. The predicted octanol–water partition coefficient (Wildman–Crippen LogP) is 3.15. The number of hydrogen-bond acceptors (Lipinski definition) is 4. The minimum atomic E-state index is -0.209. The smallest absolute Gasteiger partial charge is 0.262 e. The highest BCUT2D eigenvalue weighted by Crippen LogP contribution is 2.38. The Morgan fingerprint density at radius 2 is 2.20 bits per heavy atom. The number of likely N-dealkylation sites (tertiary alicyclic amines) is 1. The fraction of sp³-hybridized carbons (Fsp3) is 0.368. The molecule has 2 amide bonds.